The van der Waals surface area contributed by atoms with Crippen LogP contribution in [0.2, 0.25) is 0 Å². The van der Waals surface area contributed by atoms with Crippen LogP contribution in [-0.2, 0) is 0 Å². The van der Waals surface area contributed by atoms with E-state index in [1.165, 1.54) is 19.3 Å². The summed E-state index contributed by atoms with van der Waals surface area (Å²) < 4.78 is 13.9. The SMILES string of the molecule is CNc1nccc(C(=O)Nc2cc(C)ccn2)c1F. The molecule has 6 heteroatoms. The lowest BCUT2D eigenvalue weighted by molar-refractivity contribution is 0.102. The highest BCUT2D eigenvalue weighted by atomic mass is 19.1. The molecule has 2 aromatic rings. The highest BCUT2D eigenvalue weighted by Gasteiger charge is 2.15. The second-order valence-electron chi connectivity index (χ2n) is 3.94. The minimum atomic E-state index is -0.685. The lowest BCUT2D eigenvalue weighted by atomic mass is 10.2. The molecular weight excluding hydrogens is 247 g/mol. The van der Waals surface area contributed by atoms with Crippen LogP contribution in [0, 0.1) is 12.7 Å². The number of aryl methyl sites for hydroxylation is 1. The second-order valence-corrected chi connectivity index (χ2v) is 3.94. The van der Waals surface area contributed by atoms with Gasteiger partial charge in [-0.3, -0.25) is 4.79 Å². The molecule has 0 radical (unpaired) electrons. The molecule has 0 fully saturated rings. The first-order chi connectivity index (χ1) is 9.11. The summed E-state index contributed by atoms with van der Waals surface area (Å²) >= 11 is 0. The fourth-order valence-electron chi connectivity index (χ4n) is 1.58. The van der Waals surface area contributed by atoms with E-state index in [-0.39, 0.29) is 11.4 Å². The Morgan fingerprint density at radius 2 is 2.00 bits per heavy atom. The highest BCUT2D eigenvalue weighted by molar-refractivity contribution is 6.04. The van der Waals surface area contributed by atoms with Crippen molar-refractivity contribution in [1.82, 2.24) is 9.97 Å². The van der Waals surface area contributed by atoms with Crippen molar-refractivity contribution in [1.29, 1.82) is 0 Å². The minimum Gasteiger partial charge on any atom is -0.371 e. The van der Waals surface area contributed by atoms with Crippen LogP contribution in [0.4, 0.5) is 16.0 Å². The van der Waals surface area contributed by atoms with Gasteiger partial charge in [-0.1, -0.05) is 0 Å². The van der Waals surface area contributed by atoms with Crippen molar-refractivity contribution in [2.24, 2.45) is 0 Å². The van der Waals surface area contributed by atoms with Gasteiger partial charge in [0.05, 0.1) is 5.56 Å². The van der Waals surface area contributed by atoms with Crippen molar-refractivity contribution in [2.45, 2.75) is 6.92 Å². The Bertz CT molecular complexity index is 615. The van der Waals surface area contributed by atoms with Crippen molar-refractivity contribution in [3.05, 3.63) is 47.5 Å². The first kappa shape index (κ1) is 12.9. The molecule has 0 atom stereocenters. The van der Waals surface area contributed by atoms with Crippen LogP contribution in [-0.4, -0.2) is 22.9 Å². The van der Waals surface area contributed by atoms with Crippen LogP contribution < -0.4 is 10.6 Å². The van der Waals surface area contributed by atoms with Crippen molar-refractivity contribution in [3.8, 4) is 0 Å². The Morgan fingerprint density at radius 1 is 1.26 bits per heavy atom. The largest absolute Gasteiger partial charge is 0.371 e. The zero-order chi connectivity index (χ0) is 13.8. The fourth-order valence-corrected chi connectivity index (χ4v) is 1.58. The molecule has 5 nitrogen and oxygen atoms in total. The van der Waals surface area contributed by atoms with Gasteiger partial charge in [-0.2, -0.15) is 0 Å². The number of aromatic nitrogens is 2. The van der Waals surface area contributed by atoms with E-state index in [1.807, 2.05) is 13.0 Å². The van der Waals surface area contributed by atoms with Crippen LogP contribution in [0.15, 0.2) is 30.6 Å². The topological polar surface area (TPSA) is 66.9 Å². The molecule has 0 saturated carbocycles. The molecule has 2 aromatic heterocycles. The predicted molar refractivity (Wildman–Crippen MR) is 70.7 cm³/mol. The Balaban J connectivity index is 2.25. The fraction of sp³-hybridized carbons (Fsp3) is 0.154. The Kier molecular flexibility index (Phi) is 3.70. The van der Waals surface area contributed by atoms with Gasteiger partial charge in [0, 0.05) is 19.4 Å². The number of nitrogens with zero attached hydrogens (tertiary/aromatic N) is 2. The predicted octanol–water partition coefficient (Wildman–Crippen LogP) is 2.22. The van der Waals surface area contributed by atoms with Gasteiger partial charge in [0.15, 0.2) is 11.6 Å². The number of anilines is 2. The van der Waals surface area contributed by atoms with Crippen molar-refractivity contribution in [3.63, 3.8) is 0 Å². The molecule has 0 spiro atoms. The Hall–Kier alpha value is -2.50. The van der Waals surface area contributed by atoms with E-state index in [2.05, 4.69) is 20.6 Å². The number of hydrogen-bond donors (Lipinski definition) is 2. The maximum absolute atomic E-state index is 13.9. The first-order valence-electron chi connectivity index (χ1n) is 5.68. The third kappa shape index (κ3) is 2.85. The monoisotopic (exact) mass is 260 g/mol. The summed E-state index contributed by atoms with van der Waals surface area (Å²) in [5.41, 5.74) is 0.874. The molecule has 0 aliphatic carbocycles. The zero-order valence-corrected chi connectivity index (χ0v) is 10.6. The van der Waals surface area contributed by atoms with Gasteiger partial charge in [0.25, 0.3) is 5.91 Å². The third-order valence-corrected chi connectivity index (χ3v) is 2.53. The Labute approximate surface area is 109 Å². The molecule has 0 aromatic carbocycles. The van der Waals surface area contributed by atoms with Crippen molar-refractivity contribution in [2.75, 3.05) is 17.7 Å². The van der Waals surface area contributed by atoms with Crippen molar-refractivity contribution >= 4 is 17.5 Å². The van der Waals surface area contributed by atoms with E-state index in [9.17, 15) is 9.18 Å². The molecule has 0 aliphatic rings. The molecule has 0 aliphatic heterocycles. The summed E-state index contributed by atoms with van der Waals surface area (Å²) in [5, 5.41) is 5.13. The number of carbonyl (C=O) groups is 1. The van der Waals surface area contributed by atoms with Crippen LogP contribution in [0.25, 0.3) is 0 Å². The molecule has 0 saturated heterocycles. The quantitative estimate of drug-likeness (QED) is 0.888. The molecule has 2 rings (SSSR count). The van der Waals surface area contributed by atoms with Gasteiger partial charge in [0.1, 0.15) is 5.82 Å². The smallest absolute Gasteiger partial charge is 0.259 e. The van der Waals surface area contributed by atoms with Gasteiger partial charge in [-0.15, -0.1) is 0 Å². The number of pyridine rings is 2. The van der Waals surface area contributed by atoms with Gasteiger partial charge < -0.3 is 10.6 Å². The first-order valence-corrected chi connectivity index (χ1v) is 5.68. The molecule has 0 unspecified atom stereocenters. The number of carbonyl (C=O) groups excluding carboxylic acids is 1. The maximum atomic E-state index is 13.9. The van der Waals surface area contributed by atoms with E-state index in [0.717, 1.165) is 5.56 Å². The normalized spacial score (nSPS) is 10.1. The molecule has 0 bridgehead atoms. The molecular formula is C13H13FN4O. The average Bonchev–Trinajstić information content (AvgIpc) is 2.39. The van der Waals surface area contributed by atoms with E-state index in [0.29, 0.717) is 5.82 Å². The molecule has 2 heterocycles. The maximum Gasteiger partial charge on any atom is 0.259 e. The third-order valence-electron chi connectivity index (χ3n) is 2.53. The minimum absolute atomic E-state index is 0.0323. The summed E-state index contributed by atoms with van der Waals surface area (Å²) in [6.45, 7) is 1.88. The summed E-state index contributed by atoms with van der Waals surface area (Å²) in [5.74, 6) is -0.832. The summed E-state index contributed by atoms with van der Waals surface area (Å²) in [6, 6.07) is 4.83. The van der Waals surface area contributed by atoms with Gasteiger partial charge in [0.2, 0.25) is 0 Å². The highest BCUT2D eigenvalue weighted by Crippen LogP contribution is 2.16. The number of hydrogen-bond acceptors (Lipinski definition) is 4. The van der Waals surface area contributed by atoms with Gasteiger partial charge in [-0.25, -0.2) is 14.4 Å². The number of halogens is 1. The zero-order valence-electron chi connectivity index (χ0n) is 10.6. The van der Waals surface area contributed by atoms with Crippen LogP contribution >= 0.6 is 0 Å². The lowest BCUT2D eigenvalue weighted by Gasteiger charge is -2.08. The number of nitrogens with one attached hydrogen (secondary N) is 2. The molecule has 98 valence electrons. The van der Waals surface area contributed by atoms with E-state index in [1.54, 1.807) is 12.3 Å². The lowest BCUT2D eigenvalue weighted by Crippen LogP contribution is -2.16. The van der Waals surface area contributed by atoms with Crippen LogP contribution in [0.1, 0.15) is 15.9 Å². The molecule has 2 N–H and O–H groups in total. The summed E-state index contributed by atoms with van der Waals surface area (Å²) in [6.07, 6.45) is 2.94. The number of rotatable bonds is 3. The van der Waals surface area contributed by atoms with E-state index >= 15 is 0 Å². The molecule has 19 heavy (non-hydrogen) atoms. The van der Waals surface area contributed by atoms with E-state index in [4.69, 9.17) is 0 Å². The van der Waals surface area contributed by atoms with Gasteiger partial charge in [-0.05, 0) is 30.7 Å². The number of amides is 1. The van der Waals surface area contributed by atoms with Crippen LogP contribution in [0.3, 0.4) is 0 Å². The standard InChI is InChI=1S/C13H13FN4O/c1-8-3-5-16-10(7-8)18-13(19)9-4-6-17-12(15-2)11(9)14/h3-7H,1-2H3,(H,15,17)(H,16,18,19). The second kappa shape index (κ2) is 5.43. The Morgan fingerprint density at radius 3 is 2.68 bits per heavy atom. The average molecular weight is 260 g/mol. The van der Waals surface area contributed by atoms with Crippen molar-refractivity contribution < 1.29 is 9.18 Å². The summed E-state index contributed by atoms with van der Waals surface area (Å²) in [4.78, 5) is 19.7. The van der Waals surface area contributed by atoms with E-state index < -0.39 is 11.7 Å². The summed E-state index contributed by atoms with van der Waals surface area (Å²) in [7, 11) is 1.54. The molecule has 1 amide bonds. The van der Waals surface area contributed by atoms with Crippen LogP contribution in [0.5, 0.6) is 0 Å². The van der Waals surface area contributed by atoms with Gasteiger partial charge >= 0.3 is 0 Å².